The third kappa shape index (κ3) is 3.23. The molecule has 1 fully saturated rings. The van der Waals surface area contributed by atoms with Crippen LogP contribution in [0.4, 0.5) is 5.95 Å². The number of nitrogens with zero attached hydrogens (tertiary/aromatic N) is 4. The minimum absolute atomic E-state index is 0.0294. The van der Waals surface area contributed by atoms with Gasteiger partial charge in [-0.05, 0) is 18.6 Å². The molecule has 7 nitrogen and oxygen atoms in total. The van der Waals surface area contributed by atoms with E-state index in [1.54, 1.807) is 34.3 Å². The van der Waals surface area contributed by atoms with Crippen LogP contribution in [-0.4, -0.2) is 52.9 Å². The first-order valence-electron chi connectivity index (χ1n) is 7.52. The Balaban J connectivity index is 1.78. The number of aromatic nitrogens is 3. The summed E-state index contributed by atoms with van der Waals surface area (Å²) >= 11 is 0. The molecular weight excluding hydrogens is 294 g/mol. The third-order valence-corrected chi connectivity index (χ3v) is 3.97. The van der Waals surface area contributed by atoms with Crippen molar-refractivity contribution in [1.82, 2.24) is 19.9 Å². The van der Waals surface area contributed by atoms with Crippen molar-refractivity contribution in [2.75, 3.05) is 32.1 Å². The second kappa shape index (κ2) is 6.20. The van der Waals surface area contributed by atoms with Crippen LogP contribution in [0.2, 0.25) is 0 Å². The zero-order valence-electron chi connectivity index (χ0n) is 13.2. The van der Waals surface area contributed by atoms with Gasteiger partial charge in [0.15, 0.2) is 0 Å². The van der Waals surface area contributed by atoms with E-state index in [2.05, 4.69) is 15.0 Å². The van der Waals surface area contributed by atoms with Crippen molar-refractivity contribution in [2.45, 2.75) is 12.3 Å². The van der Waals surface area contributed by atoms with Gasteiger partial charge in [-0.2, -0.15) is 0 Å². The molecule has 0 saturated carbocycles. The largest absolute Gasteiger partial charge is 0.348 e. The Hall–Kier alpha value is -2.70. The molecule has 2 aromatic heterocycles. The molecule has 1 N–H and O–H groups in total. The Kier molecular flexibility index (Phi) is 4.10. The van der Waals surface area contributed by atoms with Crippen molar-refractivity contribution in [2.24, 2.45) is 0 Å². The van der Waals surface area contributed by atoms with Crippen LogP contribution in [0, 0.1) is 0 Å². The highest BCUT2D eigenvalue weighted by atomic mass is 16.2. The number of nitrogens with one attached hydrogen (secondary N) is 1. The normalized spacial score (nSPS) is 17.3. The number of hydrogen-bond acceptors (Lipinski definition) is 5. The molecule has 1 aliphatic heterocycles. The van der Waals surface area contributed by atoms with Crippen molar-refractivity contribution in [3.05, 3.63) is 52.2 Å². The van der Waals surface area contributed by atoms with E-state index >= 15 is 0 Å². The van der Waals surface area contributed by atoms with Crippen molar-refractivity contribution in [1.29, 1.82) is 0 Å². The number of amides is 1. The number of anilines is 1. The summed E-state index contributed by atoms with van der Waals surface area (Å²) in [5.74, 6) is 0.583. The number of carbonyl (C=O) groups excluding carboxylic acids is 1. The fourth-order valence-corrected chi connectivity index (χ4v) is 2.74. The van der Waals surface area contributed by atoms with E-state index in [4.69, 9.17) is 0 Å². The lowest BCUT2D eigenvalue weighted by molar-refractivity contribution is 0.0790. The van der Waals surface area contributed by atoms with Gasteiger partial charge in [-0.1, -0.05) is 0 Å². The second-order valence-corrected chi connectivity index (χ2v) is 5.87. The van der Waals surface area contributed by atoms with Gasteiger partial charge in [0.1, 0.15) is 0 Å². The maximum Gasteiger partial charge on any atom is 0.255 e. The van der Waals surface area contributed by atoms with E-state index in [-0.39, 0.29) is 17.4 Å². The van der Waals surface area contributed by atoms with Crippen molar-refractivity contribution in [3.8, 4) is 0 Å². The van der Waals surface area contributed by atoms with E-state index in [1.807, 2.05) is 14.1 Å². The van der Waals surface area contributed by atoms with Gasteiger partial charge >= 0.3 is 0 Å². The molecule has 2 aromatic rings. The van der Waals surface area contributed by atoms with E-state index in [9.17, 15) is 9.59 Å². The molecular formula is C16H19N5O2. The monoisotopic (exact) mass is 313 g/mol. The predicted molar refractivity (Wildman–Crippen MR) is 86.7 cm³/mol. The lowest BCUT2D eigenvalue weighted by Gasteiger charge is -2.17. The number of rotatable bonds is 3. The highest BCUT2D eigenvalue weighted by Crippen LogP contribution is 2.26. The third-order valence-electron chi connectivity index (χ3n) is 3.97. The maximum absolute atomic E-state index is 12.5. The highest BCUT2D eigenvalue weighted by Gasteiger charge is 2.29. The number of pyridine rings is 1. The number of H-pyrrole nitrogens is 1. The standard InChI is InChI=1S/C16H19N5O2/c1-20(2)16-18-13(8-14(22)19-16)12-5-7-21(10-12)15(23)11-4-3-6-17-9-11/h3-4,6,8-9,12H,5,7,10H2,1-2H3,(H,18,19,22)/t12-/m0/s1. The summed E-state index contributed by atoms with van der Waals surface area (Å²) in [5.41, 5.74) is 1.15. The summed E-state index contributed by atoms with van der Waals surface area (Å²) < 4.78 is 0. The first-order chi connectivity index (χ1) is 11.0. The summed E-state index contributed by atoms with van der Waals surface area (Å²) in [4.78, 5) is 39.0. The minimum atomic E-state index is -0.171. The van der Waals surface area contributed by atoms with Crippen LogP contribution in [0.25, 0.3) is 0 Å². The summed E-state index contributed by atoms with van der Waals surface area (Å²) in [6.07, 6.45) is 4.02. The first kappa shape index (κ1) is 15.2. The maximum atomic E-state index is 12.5. The van der Waals surface area contributed by atoms with Gasteiger partial charge in [-0.25, -0.2) is 4.98 Å². The van der Waals surface area contributed by atoms with Crippen molar-refractivity contribution in [3.63, 3.8) is 0 Å². The van der Waals surface area contributed by atoms with Crippen LogP contribution in [0.1, 0.15) is 28.4 Å². The fourth-order valence-electron chi connectivity index (χ4n) is 2.74. The average molecular weight is 313 g/mol. The Morgan fingerprint density at radius 3 is 2.96 bits per heavy atom. The first-order valence-corrected chi connectivity index (χ1v) is 7.52. The van der Waals surface area contributed by atoms with Gasteiger partial charge in [0, 0.05) is 51.6 Å². The van der Waals surface area contributed by atoms with Gasteiger partial charge in [-0.15, -0.1) is 0 Å². The van der Waals surface area contributed by atoms with Crippen LogP contribution >= 0.6 is 0 Å². The molecule has 1 saturated heterocycles. The van der Waals surface area contributed by atoms with Crippen LogP contribution in [0.5, 0.6) is 0 Å². The van der Waals surface area contributed by atoms with Gasteiger partial charge in [-0.3, -0.25) is 19.6 Å². The Labute approximate surface area is 134 Å². The minimum Gasteiger partial charge on any atom is -0.348 e. The summed E-state index contributed by atoms with van der Waals surface area (Å²) in [6.45, 7) is 1.22. The van der Waals surface area contributed by atoms with Crippen LogP contribution in [-0.2, 0) is 0 Å². The molecule has 1 amide bonds. The molecule has 0 aromatic carbocycles. The van der Waals surface area contributed by atoms with Gasteiger partial charge in [0.2, 0.25) is 5.95 Å². The lowest BCUT2D eigenvalue weighted by Crippen LogP contribution is -2.29. The molecule has 23 heavy (non-hydrogen) atoms. The van der Waals surface area contributed by atoms with Crippen molar-refractivity contribution < 1.29 is 4.79 Å². The predicted octanol–water partition coefficient (Wildman–Crippen LogP) is 0.861. The molecule has 0 bridgehead atoms. The molecule has 1 aliphatic rings. The topological polar surface area (TPSA) is 82.2 Å². The molecule has 0 radical (unpaired) electrons. The number of carbonyl (C=O) groups is 1. The summed E-state index contributed by atoms with van der Waals surface area (Å²) in [6, 6.07) is 5.04. The summed E-state index contributed by atoms with van der Waals surface area (Å²) in [5, 5.41) is 0. The van der Waals surface area contributed by atoms with E-state index < -0.39 is 0 Å². The Bertz CT molecular complexity index is 757. The molecule has 0 spiro atoms. The number of hydrogen-bond donors (Lipinski definition) is 1. The van der Waals surface area contributed by atoms with Gasteiger partial charge < -0.3 is 9.80 Å². The molecule has 0 aliphatic carbocycles. The van der Waals surface area contributed by atoms with E-state index in [0.717, 1.165) is 12.1 Å². The molecule has 3 rings (SSSR count). The second-order valence-electron chi connectivity index (χ2n) is 5.87. The average Bonchev–Trinajstić information content (AvgIpc) is 3.04. The lowest BCUT2D eigenvalue weighted by atomic mass is 10.1. The molecule has 120 valence electrons. The molecule has 7 heteroatoms. The van der Waals surface area contributed by atoms with E-state index in [1.165, 1.54) is 6.07 Å². The molecule has 0 unspecified atom stereocenters. The van der Waals surface area contributed by atoms with E-state index in [0.29, 0.717) is 24.6 Å². The quantitative estimate of drug-likeness (QED) is 0.909. The fraction of sp³-hybridized carbons (Fsp3) is 0.375. The zero-order chi connectivity index (χ0) is 16.4. The Morgan fingerprint density at radius 1 is 1.43 bits per heavy atom. The van der Waals surface area contributed by atoms with Crippen molar-refractivity contribution >= 4 is 11.9 Å². The summed E-state index contributed by atoms with van der Waals surface area (Å²) in [7, 11) is 3.66. The highest BCUT2D eigenvalue weighted by molar-refractivity contribution is 5.94. The van der Waals surface area contributed by atoms with Gasteiger partial charge in [0.25, 0.3) is 11.5 Å². The molecule has 3 heterocycles. The number of likely N-dealkylation sites (tertiary alicyclic amines) is 1. The smallest absolute Gasteiger partial charge is 0.255 e. The van der Waals surface area contributed by atoms with Crippen LogP contribution in [0.15, 0.2) is 35.4 Å². The van der Waals surface area contributed by atoms with Crippen LogP contribution in [0.3, 0.4) is 0 Å². The number of aromatic amines is 1. The van der Waals surface area contributed by atoms with Gasteiger partial charge in [0.05, 0.1) is 11.3 Å². The van der Waals surface area contributed by atoms with Crippen LogP contribution < -0.4 is 10.5 Å². The zero-order valence-corrected chi connectivity index (χ0v) is 13.2. The molecule has 1 atom stereocenters. The SMILES string of the molecule is CN(C)c1nc([C@H]2CCN(C(=O)c3cccnc3)C2)cc(=O)[nH]1. The Morgan fingerprint density at radius 2 is 2.26 bits per heavy atom.